The number of nitrogens with zero attached hydrogens (tertiary/aromatic N) is 4. The first kappa shape index (κ1) is 14.5. The Morgan fingerprint density at radius 1 is 1.47 bits per heavy atom. The van der Waals surface area contributed by atoms with Crippen LogP contribution in [-0.2, 0) is 12.1 Å². The van der Waals surface area contributed by atoms with Crippen molar-refractivity contribution >= 4 is 0 Å². The van der Waals surface area contributed by atoms with Crippen molar-refractivity contribution in [2.75, 3.05) is 19.6 Å². The van der Waals surface area contributed by atoms with E-state index in [1.54, 1.807) is 0 Å². The fraction of sp³-hybridized carbons (Fsp3) is 0.857. The van der Waals surface area contributed by atoms with Crippen LogP contribution in [0.1, 0.15) is 46.2 Å². The van der Waals surface area contributed by atoms with Crippen molar-refractivity contribution < 1.29 is 0 Å². The Bertz CT molecular complexity index is 387. The normalized spacial score (nSPS) is 20.4. The number of rotatable bonds is 5. The molecule has 1 aromatic rings. The molecule has 1 aromatic heterocycles. The summed E-state index contributed by atoms with van der Waals surface area (Å²) in [4.78, 5) is 2.54. The molecule has 5 heteroatoms. The van der Waals surface area contributed by atoms with Gasteiger partial charge in [-0.2, -0.15) is 0 Å². The van der Waals surface area contributed by atoms with Crippen LogP contribution < -0.4 is 5.32 Å². The Morgan fingerprint density at radius 3 is 2.79 bits per heavy atom. The largest absolute Gasteiger partial charge is 0.315 e. The summed E-state index contributed by atoms with van der Waals surface area (Å²) in [6.45, 7) is 13.0. The van der Waals surface area contributed by atoms with Crippen LogP contribution in [0, 0.1) is 0 Å². The molecular formula is C14H27N5. The standard InChI is InChI=1S/C14H27N5/c1-5-8-18(13-6-7-15-9-13)10-12-11-19(17-16-12)14(2,3)4/h11,13,15H,5-10H2,1-4H3. The van der Waals surface area contributed by atoms with Crippen LogP contribution in [0.25, 0.3) is 0 Å². The van der Waals surface area contributed by atoms with Gasteiger partial charge in [0, 0.05) is 19.1 Å². The second-order valence-electron chi connectivity index (χ2n) is 6.44. The highest BCUT2D eigenvalue weighted by atomic mass is 15.4. The lowest BCUT2D eigenvalue weighted by Crippen LogP contribution is -2.37. The molecule has 2 rings (SSSR count). The molecule has 1 aliphatic heterocycles. The zero-order valence-corrected chi connectivity index (χ0v) is 12.7. The van der Waals surface area contributed by atoms with Gasteiger partial charge >= 0.3 is 0 Å². The lowest BCUT2D eigenvalue weighted by Gasteiger charge is -2.26. The minimum atomic E-state index is 0.00967. The van der Waals surface area contributed by atoms with Crippen molar-refractivity contribution in [2.45, 2.75) is 58.7 Å². The Labute approximate surface area is 116 Å². The Balaban J connectivity index is 2.02. The Hall–Kier alpha value is -0.940. The van der Waals surface area contributed by atoms with Gasteiger partial charge in [0.25, 0.3) is 0 Å². The fourth-order valence-corrected chi connectivity index (χ4v) is 2.54. The molecule has 19 heavy (non-hydrogen) atoms. The van der Waals surface area contributed by atoms with Gasteiger partial charge in [0.1, 0.15) is 0 Å². The average Bonchev–Trinajstić information content (AvgIpc) is 2.98. The second-order valence-corrected chi connectivity index (χ2v) is 6.44. The number of nitrogens with one attached hydrogen (secondary N) is 1. The van der Waals surface area contributed by atoms with Crippen molar-refractivity contribution in [3.63, 3.8) is 0 Å². The van der Waals surface area contributed by atoms with Crippen molar-refractivity contribution in [1.82, 2.24) is 25.2 Å². The van der Waals surface area contributed by atoms with Gasteiger partial charge in [0.15, 0.2) is 0 Å². The first-order valence-electron chi connectivity index (χ1n) is 7.37. The van der Waals surface area contributed by atoms with Gasteiger partial charge in [-0.25, -0.2) is 4.68 Å². The maximum absolute atomic E-state index is 4.33. The first-order valence-corrected chi connectivity index (χ1v) is 7.37. The van der Waals surface area contributed by atoms with Crippen molar-refractivity contribution in [3.05, 3.63) is 11.9 Å². The Kier molecular flexibility index (Phi) is 4.58. The summed E-state index contributed by atoms with van der Waals surface area (Å²) in [6, 6.07) is 0.653. The topological polar surface area (TPSA) is 46.0 Å². The van der Waals surface area contributed by atoms with Crippen LogP contribution in [0.4, 0.5) is 0 Å². The summed E-state index contributed by atoms with van der Waals surface area (Å²) in [7, 11) is 0. The van der Waals surface area contributed by atoms with Gasteiger partial charge < -0.3 is 5.32 Å². The molecule has 0 amide bonds. The van der Waals surface area contributed by atoms with Crippen LogP contribution in [-0.4, -0.2) is 45.6 Å². The van der Waals surface area contributed by atoms with Gasteiger partial charge in [-0.05, 0) is 46.7 Å². The van der Waals surface area contributed by atoms with E-state index in [0.717, 1.165) is 31.9 Å². The lowest BCUT2D eigenvalue weighted by molar-refractivity contribution is 0.197. The summed E-state index contributed by atoms with van der Waals surface area (Å²) >= 11 is 0. The molecule has 0 bridgehead atoms. The van der Waals surface area contributed by atoms with E-state index in [9.17, 15) is 0 Å². The van der Waals surface area contributed by atoms with Gasteiger partial charge in [-0.1, -0.05) is 12.1 Å². The molecule has 0 saturated carbocycles. The van der Waals surface area contributed by atoms with Crippen LogP contribution in [0.2, 0.25) is 0 Å². The molecule has 1 N–H and O–H groups in total. The van der Waals surface area contributed by atoms with Crippen LogP contribution >= 0.6 is 0 Å². The van der Waals surface area contributed by atoms with E-state index in [-0.39, 0.29) is 5.54 Å². The molecule has 0 radical (unpaired) electrons. The summed E-state index contributed by atoms with van der Waals surface area (Å²) < 4.78 is 1.96. The van der Waals surface area contributed by atoms with E-state index in [1.807, 2.05) is 4.68 Å². The van der Waals surface area contributed by atoms with Crippen LogP contribution in [0.3, 0.4) is 0 Å². The summed E-state index contributed by atoms with van der Waals surface area (Å²) in [6.07, 6.45) is 4.52. The quantitative estimate of drug-likeness (QED) is 0.878. The van der Waals surface area contributed by atoms with Gasteiger partial charge in [0.05, 0.1) is 17.4 Å². The third-order valence-electron chi connectivity index (χ3n) is 3.65. The van der Waals surface area contributed by atoms with E-state index < -0.39 is 0 Å². The minimum absolute atomic E-state index is 0.00967. The molecule has 0 spiro atoms. The fourth-order valence-electron chi connectivity index (χ4n) is 2.54. The summed E-state index contributed by atoms with van der Waals surface area (Å²) in [5, 5.41) is 12.0. The molecule has 1 fully saturated rings. The Morgan fingerprint density at radius 2 is 2.26 bits per heavy atom. The van der Waals surface area contributed by atoms with Crippen molar-refractivity contribution in [2.24, 2.45) is 0 Å². The van der Waals surface area contributed by atoms with Crippen LogP contribution in [0.5, 0.6) is 0 Å². The molecule has 0 aromatic carbocycles. The summed E-state index contributed by atoms with van der Waals surface area (Å²) in [5.74, 6) is 0. The molecular weight excluding hydrogens is 238 g/mol. The van der Waals surface area contributed by atoms with Gasteiger partial charge in [-0.3, -0.25) is 4.90 Å². The van der Waals surface area contributed by atoms with E-state index in [0.29, 0.717) is 6.04 Å². The highest BCUT2D eigenvalue weighted by Crippen LogP contribution is 2.15. The number of aromatic nitrogens is 3. The third kappa shape index (κ3) is 3.76. The number of hydrogen-bond acceptors (Lipinski definition) is 4. The maximum atomic E-state index is 4.33. The lowest BCUT2D eigenvalue weighted by atomic mass is 10.1. The monoisotopic (exact) mass is 265 g/mol. The zero-order valence-electron chi connectivity index (χ0n) is 12.7. The van der Waals surface area contributed by atoms with E-state index >= 15 is 0 Å². The molecule has 1 aliphatic rings. The average molecular weight is 265 g/mol. The third-order valence-corrected chi connectivity index (χ3v) is 3.65. The predicted molar refractivity (Wildman–Crippen MR) is 77.0 cm³/mol. The van der Waals surface area contributed by atoms with Crippen molar-refractivity contribution in [1.29, 1.82) is 0 Å². The predicted octanol–water partition coefficient (Wildman–Crippen LogP) is 1.61. The molecule has 2 heterocycles. The highest BCUT2D eigenvalue weighted by Gasteiger charge is 2.23. The number of hydrogen-bond donors (Lipinski definition) is 1. The van der Waals surface area contributed by atoms with E-state index in [2.05, 4.69) is 54.4 Å². The highest BCUT2D eigenvalue weighted by molar-refractivity contribution is 4.96. The van der Waals surface area contributed by atoms with E-state index in [4.69, 9.17) is 0 Å². The summed E-state index contributed by atoms with van der Waals surface area (Å²) in [5.41, 5.74) is 1.09. The second kappa shape index (κ2) is 6.01. The zero-order chi connectivity index (χ0) is 13.9. The van der Waals surface area contributed by atoms with Gasteiger partial charge in [-0.15, -0.1) is 5.10 Å². The molecule has 108 valence electrons. The molecule has 5 nitrogen and oxygen atoms in total. The van der Waals surface area contributed by atoms with Crippen LogP contribution in [0.15, 0.2) is 6.20 Å². The molecule has 1 saturated heterocycles. The molecule has 1 atom stereocenters. The molecule has 0 aliphatic carbocycles. The SMILES string of the molecule is CCCN(Cc1cn(C(C)(C)C)nn1)C1CCNC1. The first-order chi connectivity index (χ1) is 9.00. The maximum Gasteiger partial charge on any atom is 0.0967 e. The molecule has 1 unspecified atom stereocenters. The van der Waals surface area contributed by atoms with E-state index in [1.165, 1.54) is 12.8 Å². The van der Waals surface area contributed by atoms with Gasteiger partial charge in [0.2, 0.25) is 0 Å². The minimum Gasteiger partial charge on any atom is -0.315 e. The smallest absolute Gasteiger partial charge is 0.0967 e. The van der Waals surface area contributed by atoms with Crippen molar-refractivity contribution in [3.8, 4) is 0 Å².